The lowest BCUT2D eigenvalue weighted by molar-refractivity contribution is -0.384. The molecule has 2 rings (SSSR count). The molecule has 18 heavy (non-hydrogen) atoms. The first-order valence-electron chi connectivity index (χ1n) is 4.76. The number of nitro groups is 1. The van der Waals surface area contributed by atoms with Gasteiger partial charge in [-0.05, 0) is 12.1 Å². The van der Waals surface area contributed by atoms with Gasteiger partial charge in [-0.2, -0.15) is 5.10 Å². The first-order valence-corrected chi connectivity index (χ1v) is 4.76. The number of oxime groups is 1. The second kappa shape index (κ2) is 4.49. The summed E-state index contributed by atoms with van der Waals surface area (Å²) in [6.07, 6.45) is 2.33. The standard InChI is InChI=1S/C9H8N6O3/c10-9(13-16)7-2-1-3-8(12-7)14-5-6(4-11-14)15(17)18/h1-5,16H,(H2,10,13). The molecule has 0 saturated carbocycles. The molecule has 9 heteroatoms. The van der Waals surface area contributed by atoms with E-state index in [1.54, 1.807) is 12.1 Å². The van der Waals surface area contributed by atoms with E-state index in [4.69, 9.17) is 10.9 Å². The number of aromatic nitrogens is 3. The van der Waals surface area contributed by atoms with Gasteiger partial charge in [-0.3, -0.25) is 10.1 Å². The molecule has 92 valence electrons. The number of nitrogens with two attached hydrogens (primary N) is 1. The van der Waals surface area contributed by atoms with E-state index in [9.17, 15) is 10.1 Å². The van der Waals surface area contributed by atoms with Gasteiger partial charge in [-0.1, -0.05) is 11.2 Å². The summed E-state index contributed by atoms with van der Waals surface area (Å²) < 4.78 is 1.23. The summed E-state index contributed by atoms with van der Waals surface area (Å²) in [7, 11) is 0. The molecule has 0 aliphatic rings. The average Bonchev–Trinajstić information content (AvgIpc) is 2.88. The molecular formula is C9H8N6O3. The molecule has 0 aliphatic heterocycles. The Kier molecular flexibility index (Phi) is 2.87. The van der Waals surface area contributed by atoms with E-state index in [1.165, 1.54) is 16.9 Å². The molecule has 2 aromatic heterocycles. The largest absolute Gasteiger partial charge is 0.409 e. The van der Waals surface area contributed by atoms with Crippen LogP contribution in [0, 0.1) is 10.1 Å². The quantitative estimate of drug-likeness (QED) is 0.263. The van der Waals surface area contributed by atoms with Gasteiger partial charge in [0.1, 0.15) is 18.1 Å². The van der Waals surface area contributed by atoms with Gasteiger partial charge in [-0.15, -0.1) is 0 Å². The minimum Gasteiger partial charge on any atom is -0.409 e. The van der Waals surface area contributed by atoms with E-state index < -0.39 is 4.92 Å². The van der Waals surface area contributed by atoms with Crippen molar-refractivity contribution in [2.24, 2.45) is 10.9 Å². The van der Waals surface area contributed by atoms with Crippen LogP contribution in [0.2, 0.25) is 0 Å². The van der Waals surface area contributed by atoms with Gasteiger partial charge < -0.3 is 10.9 Å². The number of pyridine rings is 1. The minimum atomic E-state index is -0.559. The van der Waals surface area contributed by atoms with E-state index in [0.29, 0.717) is 5.82 Å². The molecule has 0 amide bonds. The Hall–Kier alpha value is -2.97. The predicted octanol–water partition coefficient (Wildman–Crippen LogP) is 0.270. The van der Waals surface area contributed by atoms with Crippen LogP contribution in [-0.2, 0) is 0 Å². The first-order chi connectivity index (χ1) is 8.61. The van der Waals surface area contributed by atoms with Crippen LogP contribution in [0.3, 0.4) is 0 Å². The molecule has 2 heterocycles. The lowest BCUT2D eigenvalue weighted by Gasteiger charge is -2.02. The summed E-state index contributed by atoms with van der Waals surface area (Å²) in [5, 5.41) is 25.7. The van der Waals surface area contributed by atoms with E-state index in [2.05, 4.69) is 15.2 Å². The summed E-state index contributed by atoms with van der Waals surface area (Å²) in [6, 6.07) is 4.74. The van der Waals surface area contributed by atoms with Crippen molar-refractivity contribution < 1.29 is 10.1 Å². The summed E-state index contributed by atoms with van der Waals surface area (Å²) in [4.78, 5) is 14.0. The zero-order valence-corrected chi connectivity index (χ0v) is 8.96. The van der Waals surface area contributed by atoms with Crippen LogP contribution in [0.1, 0.15) is 5.69 Å². The molecule has 0 aliphatic carbocycles. The number of hydrogen-bond acceptors (Lipinski definition) is 6. The van der Waals surface area contributed by atoms with E-state index in [-0.39, 0.29) is 17.2 Å². The van der Waals surface area contributed by atoms with Crippen molar-refractivity contribution >= 4 is 11.5 Å². The van der Waals surface area contributed by atoms with Gasteiger partial charge in [0.25, 0.3) is 0 Å². The van der Waals surface area contributed by atoms with Crippen LogP contribution in [0.15, 0.2) is 35.7 Å². The summed E-state index contributed by atoms with van der Waals surface area (Å²) in [5.41, 5.74) is 5.49. The maximum absolute atomic E-state index is 10.5. The van der Waals surface area contributed by atoms with Crippen molar-refractivity contribution in [3.63, 3.8) is 0 Å². The van der Waals surface area contributed by atoms with Crippen LogP contribution in [-0.4, -0.2) is 30.7 Å². The summed E-state index contributed by atoms with van der Waals surface area (Å²) in [6.45, 7) is 0. The molecule has 0 atom stereocenters. The van der Waals surface area contributed by atoms with Crippen molar-refractivity contribution in [1.82, 2.24) is 14.8 Å². The highest BCUT2D eigenvalue weighted by Crippen LogP contribution is 2.12. The Morgan fingerprint density at radius 1 is 1.56 bits per heavy atom. The molecule has 9 nitrogen and oxygen atoms in total. The lowest BCUT2D eigenvalue weighted by Crippen LogP contribution is -2.16. The molecule has 3 N–H and O–H groups in total. The maximum atomic E-state index is 10.5. The number of amidine groups is 1. The van der Waals surface area contributed by atoms with Crippen molar-refractivity contribution in [2.75, 3.05) is 0 Å². The SMILES string of the molecule is N/C(=N/O)c1cccc(-n2cc([N+](=O)[O-])cn2)n1. The smallest absolute Gasteiger partial charge is 0.307 e. The van der Waals surface area contributed by atoms with Crippen molar-refractivity contribution in [3.05, 3.63) is 46.4 Å². The maximum Gasteiger partial charge on any atom is 0.307 e. The normalized spacial score (nSPS) is 11.4. The summed E-state index contributed by atoms with van der Waals surface area (Å²) >= 11 is 0. The average molecular weight is 248 g/mol. The summed E-state index contributed by atoms with van der Waals surface area (Å²) in [5.74, 6) is 0.172. The van der Waals surface area contributed by atoms with Crippen molar-refractivity contribution in [2.45, 2.75) is 0 Å². The van der Waals surface area contributed by atoms with Crippen molar-refractivity contribution in [1.29, 1.82) is 0 Å². The fourth-order valence-electron chi connectivity index (χ4n) is 1.28. The molecular weight excluding hydrogens is 240 g/mol. The van der Waals surface area contributed by atoms with Crippen LogP contribution >= 0.6 is 0 Å². The van der Waals surface area contributed by atoms with Crippen LogP contribution < -0.4 is 5.73 Å². The molecule has 2 aromatic rings. The molecule has 0 fully saturated rings. The third-order valence-electron chi connectivity index (χ3n) is 2.12. The van der Waals surface area contributed by atoms with Crippen molar-refractivity contribution in [3.8, 4) is 5.82 Å². The van der Waals surface area contributed by atoms with E-state index in [1.807, 2.05) is 0 Å². The Balaban J connectivity index is 2.41. The van der Waals surface area contributed by atoms with Crippen LogP contribution in [0.4, 0.5) is 5.69 Å². The number of nitrogens with zero attached hydrogens (tertiary/aromatic N) is 5. The minimum absolute atomic E-state index is 0.147. The Bertz CT molecular complexity index is 620. The number of rotatable bonds is 3. The first kappa shape index (κ1) is 11.5. The van der Waals surface area contributed by atoms with Gasteiger partial charge in [0.05, 0.1) is 4.92 Å². The monoisotopic (exact) mass is 248 g/mol. The van der Waals surface area contributed by atoms with Crippen LogP contribution in [0.25, 0.3) is 5.82 Å². The van der Waals surface area contributed by atoms with E-state index in [0.717, 1.165) is 6.20 Å². The molecule has 0 spiro atoms. The Morgan fingerprint density at radius 3 is 2.94 bits per heavy atom. The third kappa shape index (κ3) is 2.09. The number of hydrogen-bond donors (Lipinski definition) is 2. The molecule has 0 aromatic carbocycles. The van der Waals surface area contributed by atoms with Gasteiger partial charge in [-0.25, -0.2) is 9.67 Å². The predicted molar refractivity (Wildman–Crippen MR) is 60.5 cm³/mol. The lowest BCUT2D eigenvalue weighted by atomic mass is 10.3. The topological polar surface area (TPSA) is 132 Å². The highest BCUT2D eigenvalue weighted by molar-refractivity contribution is 5.95. The molecule has 0 saturated heterocycles. The fourth-order valence-corrected chi connectivity index (χ4v) is 1.28. The van der Waals surface area contributed by atoms with Gasteiger partial charge in [0.2, 0.25) is 0 Å². The van der Waals surface area contributed by atoms with Gasteiger partial charge >= 0.3 is 5.69 Å². The fraction of sp³-hybridized carbons (Fsp3) is 0. The zero-order chi connectivity index (χ0) is 13.1. The Labute approximate surface area is 100 Å². The van der Waals surface area contributed by atoms with Crippen LogP contribution in [0.5, 0.6) is 0 Å². The highest BCUT2D eigenvalue weighted by atomic mass is 16.6. The molecule has 0 bridgehead atoms. The second-order valence-corrected chi connectivity index (χ2v) is 3.27. The molecule has 0 unspecified atom stereocenters. The molecule has 0 radical (unpaired) electrons. The highest BCUT2D eigenvalue weighted by Gasteiger charge is 2.11. The third-order valence-corrected chi connectivity index (χ3v) is 2.12. The zero-order valence-electron chi connectivity index (χ0n) is 8.96. The van der Waals surface area contributed by atoms with Gasteiger partial charge in [0.15, 0.2) is 11.7 Å². The second-order valence-electron chi connectivity index (χ2n) is 3.27. The van der Waals surface area contributed by atoms with Gasteiger partial charge in [0, 0.05) is 0 Å². The van der Waals surface area contributed by atoms with E-state index >= 15 is 0 Å². The Morgan fingerprint density at radius 2 is 2.33 bits per heavy atom.